The normalized spacial score (nSPS) is 34.2. The third kappa shape index (κ3) is 3.57. The number of anilines is 1. The average molecular weight is 385 g/mol. The van der Waals surface area contributed by atoms with Crippen LogP contribution in [-0.2, 0) is 20.0 Å². The standard InChI is InChI=1S/C17H24N2O4S2/c1-24(20,21)18-15-2-4-16(5-3-15)25(22,23)19-17-9-12-6-13(10-17)8-14(7-12)11-17/h2-5,12-14,18-19H,6-11H2,1H3. The average Bonchev–Trinajstić information content (AvgIpc) is 2.43. The molecule has 0 spiro atoms. The van der Waals surface area contributed by atoms with Crippen molar-refractivity contribution in [3.05, 3.63) is 24.3 Å². The Morgan fingerprint density at radius 2 is 1.36 bits per heavy atom. The Kier molecular flexibility index (Phi) is 3.94. The zero-order valence-electron chi connectivity index (χ0n) is 14.2. The molecule has 0 aliphatic heterocycles. The summed E-state index contributed by atoms with van der Waals surface area (Å²) in [7, 11) is -6.99. The van der Waals surface area contributed by atoms with Gasteiger partial charge in [0.25, 0.3) is 0 Å². The van der Waals surface area contributed by atoms with Gasteiger partial charge in [-0.15, -0.1) is 0 Å². The van der Waals surface area contributed by atoms with Gasteiger partial charge in [0.15, 0.2) is 0 Å². The van der Waals surface area contributed by atoms with E-state index in [-0.39, 0.29) is 10.4 Å². The minimum Gasteiger partial charge on any atom is -0.284 e. The predicted octanol–water partition coefficient (Wildman–Crippen LogP) is 2.31. The van der Waals surface area contributed by atoms with Gasteiger partial charge in [0.1, 0.15) is 0 Å². The van der Waals surface area contributed by atoms with Crippen molar-refractivity contribution < 1.29 is 16.8 Å². The van der Waals surface area contributed by atoms with Crippen molar-refractivity contribution in [1.29, 1.82) is 0 Å². The SMILES string of the molecule is CS(=O)(=O)Nc1ccc(S(=O)(=O)NC23CC4CC(CC(C4)C2)C3)cc1. The second-order valence-corrected chi connectivity index (χ2v) is 11.6. The van der Waals surface area contributed by atoms with E-state index in [0.717, 1.165) is 25.5 Å². The van der Waals surface area contributed by atoms with E-state index in [2.05, 4.69) is 9.44 Å². The van der Waals surface area contributed by atoms with E-state index in [1.165, 1.54) is 43.5 Å². The van der Waals surface area contributed by atoms with Crippen molar-refractivity contribution in [2.75, 3.05) is 11.0 Å². The van der Waals surface area contributed by atoms with Crippen LogP contribution in [0.3, 0.4) is 0 Å². The van der Waals surface area contributed by atoms with Crippen LogP contribution in [0.4, 0.5) is 5.69 Å². The number of benzene rings is 1. The van der Waals surface area contributed by atoms with Gasteiger partial charge in [-0.2, -0.15) is 0 Å². The maximum absolute atomic E-state index is 12.9. The summed E-state index contributed by atoms with van der Waals surface area (Å²) in [5.74, 6) is 1.99. The smallest absolute Gasteiger partial charge is 0.241 e. The second kappa shape index (κ2) is 5.69. The van der Waals surface area contributed by atoms with Gasteiger partial charge in [0.05, 0.1) is 11.2 Å². The molecule has 0 atom stereocenters. The molecule has 1 aromatic carbocycles. The monoisotopic (exact) mass is 384 g/mol. The van der Waals surface area contributed by atoms with Crippen LogP contribution in [0.15, 0.2) is 29.2 Å². The number of sulfonamides is 2. The molecule has 138 valence electrons. The fraction of sp³-hybridized carbons (Fsp3) is 0.647. The molecular weight excluding hydrogens is 360 g/mol. The Hall–Kier alpha value is -1.12. The Bertz CT molecular complexity index is 840. The summed E-state index contributed by atoms with van der Waals surface area (Å²) in [5, 5.41) is 0. The fourth-order valence-electron chi connectivity index (χ4n) is 5.50. The van der Waals surface area contributed by atoms with E-state index in [1.807, 2.05) is 0 Å². The molecule has 4 aliphatic rings. The largest absolute Gasteiger partial charge is 0.284 e. The van der Waals surface area contributed by atoms with E-state index in [4.69, 9.17) is 0 Å². The molecule has 25 heavy (non-hydrogen) atoms. The molecule has 4 aliphatic carbocycles. The molecule has 5 rings (SSSR count). The zero-order valence-corrected chi connectivity index (χ0v) is 15.9. The lowest BCUT2D eigenvalue weighted by Gasteiger charge is -2.56. The zero-order chi connectivity index (χ0) is 17.9. The summed E-state index contributed by atoms with van der Waals surface area (Å²) in [6.45, 7) is 0. The van der Waals surface area contributed by atoms with Crippen LogP contribution in [0.2, 0.25) is 0 Å². The van der Waals surface area contributed by atoms with Crippen molar-refractivity contribution in [2.45, 2.75) is 49.0 Å². The molecule has 6 nitrogen and oxygen atoms in total. The fourth-order valence-corrected chi connectivity index (χ4v) is 7.49. The van der Waals surface area contributed by atoms with Gasteiger partial charge in [-0.1, -0.05) is 0 Å². The third-order valence-electron chi connectivity index (χ3n) is 5.86. The van der Waals surface area contributed by atoms with E-state index in [1.54, 1.807) is 0 Å². The first-order chi connectivity index (χ1) is 11.6. The Morgan fingerprint density at radius 3 is 1.80 bits per heavy atom. The van der Waals surface area contributed by atoms with Crippen LogP contribution in [-0.4, -0.2) is 28.6 Å². The minimum atomic E-state index is -3.61. The molecule has 0 saturated heterocycles. The first-order valence-corrected chi connectivity index (χ1v) is 12.1. The third-order valence-corrected chi connectivity index (χ3v) is 8.06. The van der Waals surface area contributed by atoms with Crippen molar-refractivity contribution in [1.82, 2.24) is 4.72 Å². The van der Waals surface area contributed by atoms with Crippen LogP contribution >= 0.6 is 0 Å². The first-order valence-electron chi connectivity index (χ1n) is 8.74. The Balaban J connectivity index is 1.54. The van der Waals surface area contributed by atoms with Crippen LogP contribution < -0.4 is 9.44 Å². The maximum Gasteiger partial charge on any atom is 0.241 e. The van der Waals surface area contributed by atoms with E-state index in [0.29, 0.717) is 23.4 Å². The summed E-state index contributed by atoms with van der Waals surface area (Å²) in [5.41, 5.74) is 0.0771. The van der Waals surface area contributed by atoms with Crippen LogP contribution in [0.1, 0.15) is 38.5 Å². The highest BCUT2D eigenvalue weighted by atomic mass is 32.2. The van der Waals surface area contributed by atoms with Crippen molar-refractivity contribution in [2.24, 2.45) is 17.8 Å². The van der Waals surface area contributed by atoms with Crippen LogP contribution in [0.25, 0.3) is 0 Å². The van der Waals surface area contributed by atoms with E-state index < -0.39 is 20.0 Å². The highest BCUT2D eigenvalue weighted by molar-refractivity contribution is 7.92. The molecular formula is C17H24N2O4S2. The Morgan fingerprint density at radius 1 is 0.880 bits per heavy atom. The second-order valence-electron chi connectivity index (χ2n) is 8.20. The van der Waals surface area contributed by atoms with Gasteiger partial charge in [-0.3, -0.25) is 4.72 Å². The van der Waals surface area contributed by atoms with Crippen molar-refractivity contribution in [3.8, 4) is 0 Å². The number of hydrogen-bond donors (Lipinski definition) is 2. The van der Waals surface area contributed by atoms with Gasteiger partial charge in [0.2, 0.25) is 20.0 Å². The maximum atomic E-state index is 12.9. The molecule has 0 radical (unpaired) electrons. The van der Waals surface area contributed by atoms with E-state index >= 15 is 0 Å². The summed E-state index contributed by atoms with van der Waals surface area (Å²) in [4.78, 5) is 0.183. The minimum absolute atomic E-state index is 0.183. The van der Waals surface area contributed by atoms with Crippen molar-refractivity contribution in [3.63, 3.8) is 0 Å². The molecule has 4 saturated carbocycles. The lowest BCUT2D eigenvalue weighted by Crippen LogP contribution is -2.59. The van der Waals surface area contributed by atoms with Crippen LogP contribution in [0.5, 0.6) is 0 Å². The van der Waals surface area contributed by atoms with Gasteiger partial charge in [-0.05, 0) is 80.5 Å². The van der Waals surface area contributed by atoms with Gasteiger partial charge in [-0.25, -0.2) is 21.6 Å². The number of hydrogen-bond acceptors (Lipinski definition) is 4. The summed E-state index contributed by atoms with van der Waals surface area (Å²) in [6, 6.07) is 5.87. The van der Waals surface area contributed by atoms with Crippen LogP contribution in [0, 0.1) is 17.8 Å². The van der Waals surface area contributed by atoms with Gasteiger partial charge >= 0.3 is 0 Å². The number of nitrogens with one attached hydrogen (secondary N) is 2. The Labute approximate surface area is 149 Å². The van der Waals surface area contributed by atoms with Gasteiger partial charge in [0, 0.05) is 11.2 Å². The summed E-state index contributed by atoms with van der Waals surface area (Å²) < 4.78 is 53.6. The van der Waals surface area contributed by atoms with Crippen molar-refractivity contribution >= 4 is 25.7 Å². The molecule has 4 fully saturated rings. The number of rotatable bonds is 5. The molecule has 0 heterocycles. The molecule has 8 heteroatoms. The highest BCUT2D eigenvalue weighted by Crippen LogP contribution is 2.55. The molecule has 0 amide bonds. The predicted molar refractivity (Wildman–Crippen MR) is 96.1 cm³/mol. The molecule has 0 aromatic heterocycles. The molecule has 4 bridgehead atoms. The lowest BCUT2D eigenvalue weighted by molar-refractivity contribution is -0.00810. The van der Waals surface area contributed by atoms with E-state index in [9.17, 15) is 16.8 Å². The molecule has 2 N–H and O–H groups in total. The summed E-state index contributed by atoms with van der Waals surface area (Å²) in [6.07, 6.45) is 7.68. The highest BCUT2D eigenvalue weighted by Gasteiger charge is 2.52. The quantitative estimate of drug-likeness (QED) is 0.815. The first kappa shape index (κ1) is 17.3. The summed E-state index contributed by atoms with van der Waals surface area (Å²) >= 11 is 0. The topological polar surface area (TPSA) is 92.3 Å². The molecule has 0 unspecified atom stereocenters. The lowest BCUT2D eigenvalue weighted by atomic mass is 9.53. The van der Waals surface area contributed by atoms with Gasteiger partial charge < -0.3 is 0 Å². The molecule has 1 aromatic rings.